The summed E-state index contributed by atoms with van der Waals surface area (Å²) in [7, 11) is -4.62. The molecule has 3 fully saturated rings. The van der Waals surface area contributed by atoms with Crippen LogP contribution < -0.4 is 29.6 Å². The fraction of sp³-hybridized carbons (Fsp3) is 0.852. The average Bonchev–Trinajstić information content (AvgIpc) is 3.04. The monoisotopic (exact) mass is 486 g/mol. The minimum absolute atomic E-state index is 0. The molecule has 4 nitrogen and oxygen atoms in total. The average molecular weight is 487 g/mol. The standard InChI is InChI=1S/C27H44O4S.Na/c1-18(2)7-6-8-19(3)23-11-12-24-22-10-9-20-17-21(31-32(28,29)30)13-15-26(20,4)25(22)14-16-27(23,24)5;/h7,10,19-21,23-25H,6,8-9,11-17H2,1-5H3,(H,28,29,30);/q;+1/p-1/t19-,20+,21+,23-,24+,25+,26+,27-;/m1./s1. The molecule has 0 heterocycles. The first kappa shape index (κ1) is 27.9. The molecule has 33 heavy (non-hydrogen) atoms. The minimum Gasteiger partial charge on any atom is -0.726 e. The summed E-state index contributed by atoms with van der Waals surface area (Å²) in [6.07, 6.45) is 15.6. The zero-order valence-corrected chi connectivity index (χ0v) is 24.5. The van der Waals surface area contributed by atoms with Crippen LogP contribution in [0, 0.1) is 40.4 Å². The van der Waals surface area contributed by atoms with E-state index in [1.165, 1.54) is 44.1 Å². The van der Waals surface area contributed by atoms with E-state index in [4.69, 9.17) is 4.18 Å². The first-order valence-corrected chi connectivity index (χ1v) is 14.2. The van der Waals surface area contributed by atoms with E-state index in [2.05, 4.69) is 46.8 Å². The maximum Gasteiger partial charge on any atom is 1.00 e. The van der Waals surface area contributed by atoms with Crippen molar-refractivity contribution in [2.75, 3.05) is 0 Å². The Bertz CT molecular complexity index is 877. The van der Waals surface area contributed by atoms with Gasteiger partial charge in [-0.25, -0.2) is 8.42 Å². The van der Waals surface area contributed by atoms with Gasteiger partial charge in [0.15, 0.2) is 0 Å². The topological polar surface area (TPSA) is 66.4 Å². The Morgan fingerprint density at radius 2 is 1.82 bits per heavy atom. The third-order valence-electron chi connectivity index (χ3n) is 10.2. The molecule has 0 unspecified atom stereocenters. The first-order chi connectivity index (χ1) is 14.9. The van der Waals surface area contributed by atoms with Gasteiger partial charge < -0.3 is 4.55 Å². The summed E-state index contributed by atoms with van der Waals surface area (Å²) in [6.45, 7) is 11.9. The van der Waals surface area contributed by atoms with Crippen molar-refractivity contribution < 1.29 is 46.7 Å². The van der Waals surface area contributed by atoms with Gasteiger partial charge in [0.2, 0.25) is 10.4 Å². The summed E-state index contributed by atoms with van der Waals surface area (Å²) in [6, 6.07) is 0. The third-order valence-corrected chi connectivity index (χ3v) is 10.7. The van der Waals surface area contributed by atoms with Crippen molar-refractivity contribution in [3.05, 3.63) is 23.3 Å². The molecule has 6 heteroatoms. The van der Waals surface area contributed by atoms with Crippen LogP contribution >= 0.6 is 0 Å². The quantitative estimate of drug-likeness (QED) is 0.248. The Labute approximate surface area is 224 Å². The SMILES string of the molecule is CC(C)=CCC[C@@H](C)[C@H]1CC[C@H]2C3=CC[C@H]4C[C@@H](OS(=O)(=O)[O-])CC[C@]4(C)[C@H]3CC[C@]12C.[Na+]. The molecular formula is C27H43NaO4S. The maximum atomic E-state index is 11.1. The molecule has 0 saturated heterocycles. The summed E-state index contributed by atoms with van der Waals surface area (Å²) in [5, 5.41) is 0. The molecule has 3 saturated carbocycles. The number of hydrogen-bond donors (Lipinski definition) is 0. The van der Waals surface area contributed by atoms with Gasteiger partial charge in [-0.3, -0.25) is 4.18 Å². The number of rotatable bonds is 6. The van der Waals surface area contributed by atoms with Crippen LogP contribution in [0.25, 0.3) is 0 Å². The van der Waals surface area contributed by atoms with Gasteiger partial charge in [-0.15, -0.1) is 0 Å². The molecule has 0 amide bonds. The van der Waals surface area contributed by atoms with Crippen LogP contribution in [0.3, 0.4) is 0 Å². The molecule has 4 rings (SSSR count). The van der Waals surface area contributed by atoms with E-state index in [-0.39, 0.29) is 35.0 Å². The zero-order valence-electron chi connectivity index (χ0n) is 21.7. The molecule has 0 aromatic carbocycles. The Morgan fingerprint density at radius 1 is 1.15 bits per heavy atom. The molecule has 0 spiro atoms. The maximum absolute atomic E-state index is 11.1. The summed E-state index contributed by atoms with van der Waals surface area (Å²) >= 11 is 0. The van der Waals surface area contributed by atoms with Crippen molar-refractivity contribution in [3.8, 4) is 0 Å². The van der Waals surface area contributed by atoms with E-state index < -0.39 is 16.5 Å². The second-order valence-corrected chi connectivity index (χ2v) is 13.2. The van der Waals surface area contributed by atoms with Crippen molar-refractivity contribution in [1.29, 1.82) is 0 Å². The third kappa shape index (κ3) is 5.54. The first-order valence-electron chi connectivity index (χ1n) is 12.9. The number of hydrogen-bond acceptors (Lipinski definition) is 4. The second kappa shape index (κ2) is 10.4. The van der Waals surface area contributed by atoms with E-state index in [1.807, 2.05) is 0 Å². The fourth-order valence-electron chi connectivity index (χ4n) is 8.54. The van der Waals surface area contributed by atoms with Crippen LogP contribution in [0.1, 0.15) is 98.8 Å². The number of fused-ring (bicyclic) bond motifs is 5. The van der Waals surface area contributed by atoms with Gasteiger partial charge in [-0.2, -0.15) is 0 Å². The Hall–Kier alpha value is 0.350. The summed E-state index contributed by atoms with van der Waals surface area (Å²) in [5.41, 5.74) is 3.79. The molecule has 4 aliphatic carbocycles. The normalized spacial score (nSPS) is 41.0. The van der Waals surface area contributed by atoms with Crippen molar-refractivity contribution in [1.82, 2.24) is 0 Å². The van der Waals surface area contributed by atoms with Gasteiger partial charge in [0.1, 0.15) is 0 Å². The van der Waals surface area contributed by atoms with Crippen LogP contribution in [-0.4, -0.2) is 19.1 Å². The zero-order chi connectivity index (χ0) is 23.3. The van der Waals surface area contributed by atoms with Gasteiger partial charge in [-0.05, 0) is 118 Å². The largest absolute Gasteiger partial charge is 1.00 e. The van der Waals surface area contributed by atoms with Crippen LogP contribution in [0.2, 0.25) is 0 Å². The molecule has 182 valence electrons. The molecule has 4 aliphatic rings. The fourth-order valence-corrected chi connectivity index (χ4v) is 9.05. The molecule has 0 aromatic rings. The van der Waals surface area contributed by atoms with E-state index >= 15 is 0 Å². The van der Waals surface area contributed by atoms with E-state index in [0.29, 0.717) is 36.0 Å². The van der Waals surface area contributed by atoms with E-state index in [0.717, 1.165) is 24.7 Å². The molecule has 0 radical (unpaired) electrons. The van der Waals surface area contributed by atoms with Crippen LogP contribution in [0.15, 0.2) is 23.3 Å². The Morgan fingerprint density at radius 3 is 2.48 bits per heavy atom. The number of allylic oxidation sites excluding steroid dienone is 4. The Balaban J connectivity index is 0.00000306. The predicted molar refractivity (Wildman–Crippen MR) is 128 cm³/mol. The minimum atomic E-state index is -4.62. The second-order valence-electron chi connectivity index (χ2n) is 12.2. The summed E-state index contributed by atoms with van der Waals surface area (Å²) in [5.74, 6) is 3.33. The van der Waals surface area contributed by atoms with Crippen LogP contribution in [0.4, 0.5) is 0 Å². The van der Waals surface area contributed by atoms with E-state index in [9.17, 15) is 13.0 Å². The van der Waals surface area contributed by atoms with Crippen molar-refractivity contribution in [2.24, 2.45) is 40.4 Å². The van der Waals surface area contributed by atoms with Crippen molar-refractivity contribution in [3.63, 3.8) is 0 Å². The molecular weight excluding hydrogens is 443 g/mol. The van der Waals surface area contributed by atoms with E-state index in [1.54, 1.807) is 5.57 Å². The van der Waals surface area contributed by atoms with Crippen LogP contribution in [0.5, 0.6) is 0 Å². The molecule has 0 bridgehead atoms. The molecule has 0 aliphatic heterocycles. The van der Waals surface area contributed by atoms with Gasteiger partial charge >= 0.3 is 29.6 Å². The van der Waals surface area contributed by atoms with Gasteiger partial charge in [-0.1, -0.05) is 44.1 Å². The van der Waals surface area contributed by atoms with Gasteiger partial charge in [0.05, 0.1) is 6.10 Å². The predicted octanol–water partition coefficient (Wildman–Crippen LogP) is 3.80. The van der Waals surface area contributed by atoms with Crippen molar-refractivity contribution >= 4 is 10.4 Å². The molecule has 8 atom stereocenters. The molecule has 0 aromatic heterocycles. The molecule has 0 N–H and O–H groups in total. The van der Waals surface area contributed by atoms with Gasteiger partial charge in [0.25, 0.3) is 0 Å². The Kier molecular flexibility index (Phi) is 8.78. The van der Waals surface area contributed by atoms with Crippen molar-refractivity contribution in [2.45, 2.75) is 105 Å². The summed E-state index contributed by atoms with van der Waals surface area (Å²) in [4.78, 5) is 0. The smallest absolute Gasteiger partial charge is 0.726 e. The van der Waals surface area contributed by atoms with Gasteiger partial charge in [0, 0.05) is 0 Å². The van der Waals surface area contributed by atoms with Crippen LogP contribution in [-0.2, 0) is 14.6 Å². The summed E-state index contributed by atoms with van der Waals surface area (Å²) < 4.78 is 38.2.